The third kappa shape index (κ3) is 4.91. The van der Waals surface area contributed by atoms with E-state index in [0.717, 1.165) is 16.7 Å². The molecule has 6 heteroatoms. The van der Waals surface area contributed by atoms with Gasteiger partial charge in [0.1, 0.15) is 0 Å². The molecule has 0 aliphatic heterocycles. The molecule has 3 aromatic rings. The van der Waals surface area contributed by atoms with Crippen molar-refractivity contribution in [1.29, 1.82) is 0 Å². The Hall–Kier alpha value is -3.93. The zero-order valence-electron chi connectivity index (χ0n) is 16.7. The maximum absolute atomic E-state index is 12.6. The van der Waals surface area contributed by atoms with Gasteiger partial charge in [0.25, 0.3) is 5.91 Å². The fraction of sp³-hybridized carbons (Fsp3) is 0.125. The first-order chi connectivity index (χ1) is 14.5. The SMILES string of the molecule is COC(=O)c1ccc(C)c(NC(=O)COC(=O)c2ccccc2-c2ccccc2)c1. The first-order valence-electron chi connectivity index (χ1n) is 9.30. The summed E-state index contributed by atoms with van der Waals surface area (Å²) in [5, 5.41) is 2.66. The minimum absolute atomic E-state index is 0.312. The highest BCUT2D eigenvalue weighted by Gasteiger charge is 2.16. The highest BCUT2D eigenvalue weighted by molar-refractivity contribution is 6.00. The molecule has 1 N–H and O–H groups in total. The molecule has 0 saturated carbocycles. The van der Waals surface area contributed by atoms with Crippen LogP contribution in [0.2, 0.25) is 0 Å². The van der Waals surface area contributed by atoms with Gasteiger partial charge in [-0.15, -0.1) is 0 Å². The Morgan fingerprint density at radius 3 is 2.30 bits per heavy atom. The molecule has 0 atom stereocenters. The third-order valence-corrected chi connectivity index (χ3v) is 4.50. The number of ether oxygens (including phenoxy) is 2. The maximum Gasteiger partial charge on any atom is 0.339 e. The van der Waals surface area contributed by atoms with Gasteiger partial charge < -0.3 is 14.8 Å². The quantitative estimate of drug-likeness (QED) is 0.623. The van der Waals surface area contributed by atoms with Crippen LogP contribution < -0.4 is 5.32 Å². The number of nitrogens with one attached hydrogen (secondary N) is 1. The maximum atomic E-state index is 12.6. The van der Waals surface area contributed by atoms with Gasteiger partial charge in [0.15, 0.2) is 6.61 Å². The number of rotatable bonds is 6. The number of methoxy groups -OCH3 is 1. The van der Waals surface area contributed by atoms with Gasteiger partial charge in [0, 0.05) is 5.69 Å². The van der Waals surface area contributed by atoms with E-state index in [2.05, 4.69) is 5.32 Å². The molecule has 0 aliphatic rings. The monoisotopic (exact) mass is 403 g/mol. The summed E-state index contributed by atoms with van der Waals surface area (Å²) in [5.41, 5.74) is 3.50. The largest absolute Gasteiger partial charge is 0.465 e. The summed E-state index contributed by atoms with van der Waals surface area (Å²) < 4.78 is 9.91. The summed E-state index contributed by atoms with van der Waals surface area (Å²) in [6, 6.07) is 21.4. The van der Waals surface area contributed by atoms with E-state index in [9.17, 15) is 14.4 Å². The van der Waals surface area contributed by atoms with Crippen molar-refractivity contribution in [2.45, 2.75) is 6.92 Å². The van der Waals surface area contributed by atoms with Crippen LogP contribution in [-0.2, 0) is 14.3 Å². The summed E-state index contributed by atoms with van der Waals surface area (Å²) >= 11 is 0. The molecular weight excluding hydrogens is 382 g/mol. The molecule has 0 saturated heterocycles. The highest BCUT2D eigenvalue weighted by atomic mass is 16.5. The van der Waals surface area contributed by atoms with Crippen molar-refractivity contribution in [3.8, 4) is 11.1 Å². The molecule has 6 nitrogen and oxygen atoms in total. The fourth-order valence-corrected chi connectivity index (χ4v) is 2.93. The van der Waals surface area contributed by atoms with Crippen LogP contribution in [0.15, 0.2) is 72.8 Å². The second-order valence-electron chi connectivity index (χ2n) is 6.56. The van der Waals surface area contributed by atoms with Gasteiger partial charge in [-0.3, -0.25) is 4.79 Å². The van der Waals surface area contributed by atoms with Gasteiger partial charge in [-0.2, -0.15) is 0 Å². The average Bonchev–Trinajstić information content (AvgIpc) is 2.79. The number of carbonyl (C=O) groups excluding carboxylic acids is 3. The predicted molar refractivity (Wildman–Crippen MR) is 113 cm³/mol. The van der Waals surface area contributed by atoms with Crippen molar-refractivity contribution in [2.24, 2.45) is 0 Å². The number of aryl methyl sites for hydroxylation is 1. The van der Waals surface area contributed by atoms with Gasteiger partial charge in [0.05, 0.1) is 18.2 Å². The smallest absolute Gasteiger partial charge is 0.339 e. The lowest BCUT2D eigenvalue weighted by Crippen LogP contribution is -2.22. The Morgan fingerprint density at radius 1 is 0.867 bits per heavy atom. The minimum Gasteiger partial charge on any atom is -0.465 e. The number of anilines is 1. The van der Waals surface area contributed by atoms with Gasteiger partial charge >= 0.3 is 11.9 Å². The molecule has 0 aromatic heterocycles. The fourth-order valence-electron chi connectivity index (χ4n) is 2.93. The van der Waals surface area contributed by atoms with Crippen LogP contribution >= 0.6 is 0 Å². The Morgan fingerprint density at radius 2 is 1.57 bits per heavy atom. The molecule has 0 heterocycles. The second-order valence-corrected chi connectivity index (χ2v) is 6.56. The summed E-state index contributed by atoms with van der Waals surface area (Å²) in [4.78, 5) is 36.6. The van der Waals surface area contributed by atoms with E-state index < -0.39 is 24.5 Å². The molecule has 1 amide bonds. The van der Waals surface area contributed by atoms with Crippen LogP contribution in [0.25, 0.3) is 11.1 Å². The average molecular weight is 403 g/mol. The van der Waals surface area contributed by atoms with Crippen molar-refractivity contribution < 1.29 is 23.9 Å². The van der Waals surface area contributed by atoms with Crippen LogP contribution in [0.1, 0.15) is 26.3 Å². The molecule has 0 radical (unpaired) electrons. The number of esters is 2. The normalized spacial score (nSPS) is 10.2. The van der Waals surface area contributed by atoms with Crippen molar-refractivity contribution in [2.75, 3.05) is 19.0 Å². The van der Waals surface area contributed by atoms with Crippen LogP contribution in [0.5, 0.6) is 0 Å². The molecule has 0 bridgehead atoms. The Kier molecular flexibility index (Phi) is 6.60. The molecule has 0 aliphatic carbocycles. The van der Waals surface area contributed by atoms with Crippen LogP contribution in [0.4, 0.5) is 5.69 Å². The van der Waals surface area contributed by atoms with E-state index in [4.69, 9.17) is 9.47 Å². The lowest BCUT2D eigenvalue weighted by atomic mass is 10.00. The molecular formula is C24H21NO5. The van der Waals surface area contributed by atoms with E-state index >= 15 is 0 Å². The van der Waals surface area contributed by atoms with Crippen molar-refractivity contribution >= 4 is 23.5 Å². The zero-order chi connectivity index (χ0) is 21.5. The van der Waals surface area contributed by atoms with E-state index in [1.807, 2.05) is 42.5 Å². The summed E-state index contributed by atoms with van der Waals surface area (Å²) in [5.74, 6) is -1.61. The lowest BCUT2D eigenvalue weighted by molar-refractivity contribution is -0.119. The standard InChI is InChI=1S/C24H21NO5/c1-16-12-13-18(23(27)29-2)14-21(16)25-22(26)15-30-24(28)20-11-7-6-10-19(20)17-8-4-3-5-9-17/h3-14H,15H2,1-2H3,(H,25,26). The number of carbonyl (C=O) groups is 3. The molecule has 152 valence electrons. The van der Waals surface area contributed by atoms with Gasteiger partial charge in [-0.25, -0.2) is 9.59 Å². The minimum atomic E-state index is -0.593. The van der Waals surface area contributed by atoms with Crippen LogP contribution in [0, 0.1) is 6.92 Å². The molecule has 0 fully saturated rings. The van der Waals surface area contributed by atoms with Crippen molar-refractivity contribution in [3.63, 3.8) is 0 Å². The molecule has 30 heavy (non-hydrogen) atoms. The van der Waals surface area contributed by atoms with Crippen molar-refractivity contribution in [1.82, 2.24) is 0 Å². The molecule has 0 unspecified atom stereocenters. The van der Waals surface area contributed by atoms with E-state index in [-0.39, 0.29) is 0 Å². The number of amides is 1. The molecule has 3 aromatic carbocycles. The zero-order valence-corrected chi connectivity index (χ0v) is 16.7. The summed E-state index contributed by atoms with van der Waals surface area (Å²) in [6.07, 6.45) is 0. The van der Waals surface area contributed by atoms with E-state index in [0.29, 0.717) is 16.8 Å². The number of hydrogen-bond acceptors (Lipinski definition) is 5. The Balaban J connectivity index is 1.68. The number of benzene rings is 3. The summed E-state index contributed by atoms with van der Waals surface area (Å²) in [7, 11) is 1.28. The van der Waals surface area contributed by atoms with E-state index in [1.54, 1.807) is 31.2 Å². The van der Waals surface area contributed by atoms with Gasteiger partial charge in [-0.1, -0.05) is 54.6 Å². The van der Waals surface area contributed by atoms with Gasteiger partial charge in [0.2, 0.25) is 0 Å². The lowest BCUT2D eigenvalue weighted by Gasteiger charge is -2.12. The molecule has 3 rings (SSSR count). The number of hydrogen-bond donors (Lipinski definition) is 1. The van der Waals surface area contributed by atoms with Crippen LogP contribution in [0.3, 0.4) is 0 Å². The van der Waals surface area contributed by atoms with Gasteiger partial charge in [-0.05, 0) is 41.8 Å². The van der Waals surface area contributed by atoms with E-state index in [1.165, 1.54) is 13.2 Å². The highest BCUT2D eigenvalue weighted by Crippen LogP contribution is 2.24. The van der Waals surface area contributed by atoms with Crippen LogP contribution in [-0.4, -0.2) is 31.6 Å². The summed E-state index contributed by atoms with van der Waals surface area (Å²) in [6.45, 7) is 1.34. The first kappa shape index (κ1) is 20.8. The second kappa shape index (κ2) is 9.52. The van der Waals surface area contributed by atoms with Crippen molar-refractivity contribution in [3.05, 3.63) is 89.5 Å². The predicted octanol–water partition coefficient (Wildman–Crippen LogP) is 4.24. The Labute approximate surface area is 174 Å². The Bertz CT molecular complexity index is 1080. The topological polar surface area (TPSA) is 81.7 Å². The molecule has 0 spiro atoms. The first-order valence-corrected chi connectivity index (χ1v) is 9.30. The third-order valence-electron chi connectivity index (χ3n) is 4.50.